The topological polar surface area (TPSA) is 72.5 Å². The van der Waals surface area contributed by atoms with Crippen molar-refractivity contribution >= 4 is 14.3 Å². The van der Waals surface area contributed by atoms with E-state index >= 15 is 0 Å². The predicted octanol–water partition coefficient (Wildman–Crippen LogP) is 7.10. The molecule has 0 N–H and O–H groups in total. The summed E-state index contributed by atoms with van der Waals surface area (Å²) in [6.07, 6.45) is 1.96. The second-order valence-corrected chi connectivity index (χ2v) is 16.3. The van der Waals surface area contributed by atoms with Crippen molar-refractivity contribution in [3.63, 3.8) is 0 Å². The minimum absolute atomic E-state index is 0.108. The normalized spacial score (nSPS) is 14.0. The molecule has 0 aliphatic heterocycles. The Hall–Kier alpha value is -2.65. The lowest BCUT2D eigenvalue weighted by Gasteiger charge is -2.37. The molecule has 2 atom stereocenters. The highest BCUT2D eigenvalue weighted by Gasteiger charge is 2.37. The average Bonchev–Trinajstić information content (AvgIpc) is 2.91. The smallest absolute Gasteiger partial charge is 0.302 e. The van der Waals surface area contributed by atoms with Crippen molar-refractivity contribution in [3.8, 4) is 11.5 Å². The molecule has 8 heteroatoms. The summed E-state index contributed by atoms with van der Waals surface area (Å²) in [6, 6.07) is 15.6. The number of carbonyl (C=O) groups excluding carboxylic acids is 1. The molecule has 0 aliphatic carbocycles. The van der Waals surface area contributed by atoms with Gasteiger partial charge in [0, 0.05) is 13.5 Å². The van der Waals surface area contributed by atoms with Gasteiger partial charge in [-0.05, 0) is 72.4 Å². The molecule has 0 radical (unpaired) electrons. The van der Waals surface area contributed by atoms with Gasteiger partial charge < -0.3 is 28.1 Å². The zero-order valence-corrected chi connectivity index (χ0v) is 26.7. The van der Waals surface area contributed by atoms with Crippen molar-refractivity contribution in [2.75, 3.05) is 27.4 Å². The third kappa shape index (κ3) is 11.5. The lowest BCUT2D eigenvalue weighted by Crippen LogP contribution is -2.42. The van der Waals surface area contributed by atoms with Crippen LogP contribution in [-0.4, -0.2) is 53.9 Å². The second kappa shape index (κ2) is 16.0. The number of ether oxygens (including phenoxy) is 5. The third-order valence-electron chi connectivity index (χ3n) is 7.21. The number of rotatable bonds is 16. The van der Waals surface area contributed by atoms with E-state index in [0.29, 0.717) is 26.2 Å². The van der Waals surface area contributed by atoms with Gasteiger partial charge in [-0.1, -0.05) is 51.1 Å². The van der Waals surface area contributed by atoms with E-state index in [1.807, 2.05) is 61.5 Å². The molecular weight excluding hydrogens is 524 g/mol. The largest absolute Gasteiger partial charge is 0.497 e. The van der Waals surface area contributed by atoms with Crippen LogP contribution in [0.4, 0.5) is 0 Å². The molecule has 0 unspecified atom stereocenters. The van der Waals surface area contributed by atoms with E-state index in [9.17, 15) is 4.79 Å². The van der Waals surface area contributed by atoms with Gasteiger partial charge in [0.25, 0.3) is 0 Å². The van der Waals surface area contributed by atoms with Gasteiger partial charge in [-0.15, -0.1) is 0 Å². The Bertz CT molecular complexity index is 1060. The summed E-state index contributed by atoms with van der Waals surface area (Å²) < 4.78 is 35.3. The van der Waals surface area contributed by atoms with E-state index < -0.39 is 8.32 Å². The van der Waals surface area contributed by atoms with Crippen molar-refractivity contribution < 1.29 is 32.9 Å². The highest BCUT2D eigenvalue weighted by molar-refractivity contribution is 6.74. The molecule has 222 valence electrons. The fourth-order valence-electron chi connectivity index (χ4n) is 3.64. The van der Waals surface area contributed by atoms with Crippen molar-refractivity contribution in [2.45, 2.75) is 84.6 Å². The highest BCUT2D eigenvalue weighted by atomic mass is 28.4. The minimum Gasteiger partial charge on any atom is -0.497 e. The first kappa shape index (κ1) is 33.6. The Balaban J connectivity index is 2.28. The molecule has 0 saturated carbocycles. The average molecular weight is 573 g/mol. The molecule has 0 aromatic heterocycles. The quantitative estimate of drug-likeness (QED) is 0.121. The molecule has 0 heterocycles. The first-order valence-electron chi connectivity index (χ1n) is 13.8. The molecule has 2 aromatic carbocycles. The first-order valence-corrected chi connectivity index (χ1v) is 16.7. The van der Waals surface area contributed by atoms with E-state index in [1.54, 1.807) is 14.2 Å². The summed E-state index contributed by atoms with van der Waals surface area (Å²) in [4.78, 5) is 11.4. The lowest BCUT2D eigenvalue weighted by molar-refractivity contribution is -0.140. The first-order chi connectivity index (χ1) is 18.8. The Morgan fingerprint density at radius 3 is 1.80 bits per heavy atom. The van der Waals surface area contributed by atoms with Crippen LogP contribution >= 0.6 is 0 Å². The summed E-state index contributed by atoms with van der Waals surface area (Å²) in [7, 11) is 1.36. The van der Waals surface area contributed by atoms with Gasteiger partial charge in [0.1, 0.15) is 24.2 Å². The van der Waals surface area contributed by atoms with E-state index in [1.165, 1.54) is 6.92 Å². The van der Waals surface area contributed by atoms with Crippen LogP contribution in [-0.2, 0) is 36.6 Å². The molecule has 0 spiro atoms. The zero-order valence-electron chi connectivity index (χ0n) is 25.7. The maximum atomic E-state index is 11.4. The monoisotopic (exact) mass is 572 g/mol. The van der Waals surface area contributed by atoms with Crippen molar-refractivity contribution in [3.05, 3.63) is 71.3 Å². The number of methoxy groups -OCH3 is 2. The van der Waals surface area contributed by atoms with E-state index in [4.69, 9.17) is 28.1 Å². The SMILES string of the molecule is COc1ccc(CO[C@H](/C=C(/C)COC(C)=O)[C@@H](CCO[Si](C)(C)C(C)(C)C)OCc2ccc(OC)cc2)cc1. The fraction of sp³-hybridized carbons (Fsp3) is 0.531. The Kier molecular flexibility index (Phi) is 13.4. The molecule has 40 heavy (non-hydrogen) atoms. The van der Waals surface area contributed by atoms with Gasteiger partial charge in [-0.2, -0.15) is 0 Å². The molecule has 0 amide bonds. The summed E-state index contributed by atoms with van der Waals surface area (Å²) in [5.74, 6) is 1.27. The molecule has 0 saturated heterocycles. The molecule has 2 aromatic rings. The highest BCUT2D eigenvalue weighted by Crippen LogP contribution is 2.36. The van der Waals surface area contributed by atoms with Gasteiger partial charge in [0.2, 0.25) is 0 Å². The van der Waals surface area contributed by atoms with Crippen LogP contribution in [0.25, 0.3) is 0 Å². The maximum absolute atomic E-state index is 11.4. The third-order valence-corrected chi connectivity index (χ3v) is 11.8. The van der Waals surface area contributed by atoms with Crippen LogP contribution in [0.15, 0.2) is 60.2 Å². The molecule has 2 rings (SSSR count). The summed E-state index contributed by atoms with van der Waals surface area (Å²) >= 11 is 0. The molecule has 0 aliphatic rings. The lowest BCUT2D eigenvalue weighted by atomic mass is 10.1. The van der Waals surface area contributed by atoms with Crippen LogP contribution < -0.4 is 9.47 Å². The summed E-state index contributed by atoms with van der Waals surface area (Å²) in [6.45, 7) is 16.1. The van der Waals surface area contributed by atoms with Gasteiger partial charge in [0.05, 0.1) is 33.5 Å². The van der Waals surface area contributed by atoms with Gasteiger partial charge in [0.15, 0.2) is 8.32 Å². The van der Waals surface area contributed by atoms with Gasteiger partial charge in [-0.3, -0.25) is 4.79 Å². The molecule has 7 nitrogen and oxygen atoms in total. The molecular formula is C32H48O7Si. The van der Waals surface area contributed by atoms with Crippen LogP contribution in [0.5, 0.6) is 11.5 Å². The Morgan fingerprint density at radius 1 is 0.850 bits per heavy atom. The number of benzene rings is 2. The van der Waals surface area contributed by atoms with Crippen molar-refractivity contribution in [2.24, 2.45) is 0 Å². The maximum Gasteiger partial charge on any atom is 0.302 e. The predicted molar refractivity (Wildman–Crippen MR) is 161 cm³/mol. The van der Waals surface area contributed by atoms with E-state index in [2.05, 4.69) is 33.9 Å². The van der Waals surface area contributed by atoms with Crippen LogP contribution in [0.1, 0.15) is 52.2 Å². The summed E-state index contributed by atoms with van der Waals surface area (Å²) in [5.41, 5.74) is 2.94. The minimum atomic E-state index is -1.94. The van der Waals surface area contributed by atoms with Gasteiger partial charge >= 0.3 is 5.97 Å². The number of hydrogen-bond acceptors (Lipinski definition) is 7. The van der Waals surface area contributed by atoms with Crippen LogP contribution in [0.2, 0.25) is 18.1 Å². The van der Waals surface area contributed by atoms with E-state index in [0.717, 1.165) is 28.2 Å². The van der Waals surface area contributed by atoms with Gasteiger partial charge in [-0.25, -0.2) is 0 Å². The number of hydrogen-bond donors (Lipinski definition) is 0. The van der Waals surface area contributed by atoms with Crippen LogP contribution in [0.3, 0.4) is 0 Å². The Morgan fingerprint density at radius 2 is 1.35 bits per heavy atom. The summed E-state index contributed by atoms with van der Waals surface area (Å²) in [5, 5.41) is 0.108. The standard InChI is InChI=1S/C32H48O7Si/c1-24(21-36-25(2)33)20-31(38-23-27-12-16-29(35-7)17-13-27)30(18-19-39-40(8,9)32(3,4)5)37-22-26-10-14-28(34-6)15-11-26/h10-17,20,30-31H,18-19,21-23H2,1-9H3/b24-20-/t30-,31-/m1/s1. The Labute approximate surface area is 241 Å². The zero-order chi connectivity index (χ0) is 29.8. The number of esters is 1. The van der Waals surface area contributed by atoms with Crippen molar-refractivity contribution in [1.29, 1.82) is 0 Å². The number of carbonyl (C=O) groups is 1. The fourth-order valence-corrected chi connectivity index (χ4v) is 4.70. The molecule has 0 bridgehead atoms. The second-order valence-electron chi connectivity index (χ2n) is 11.5. The van der Waals surface area contributed by atoms with E-state index in [-0.39, 0.29) is 29.8 Å². The molecule has 0 fully saturated rings. The van der Waals surface area contributed by atoms with Crippen LogP contribution in [0, 0.1) is 0 Å². The van der Waals surface area contributed by atoms with Crippen molar-refractivity contribution in [1.82, 2.24) is 0 Å².